The summed E-state index contributed by atoms with van der Waals surface area (Å²) in [5.74, 6) is 0.472. The summed E-state index contributed by atoms with van der Waals surface area (Å²) in [6.45, 7) is 5.31. The number of nitrogens with one attached hydrogen (secondary N) is 1. The normalized spacial score (nSPS) is 12.2. The standard InChI is InChI=1S/C12H15BrF3N/c1-8(2)6-17-7-9-5-10(12(14,15)16)3-4-11(9)13/h3-5,8,17H,6-7H2,1-2H3. The summed E-state index contributed by atoms with van der Waals surface area (Å²) in [6, 6.07) is 3.70. The first-order valence-electron chi connectivity index (χ1n) is 5.37. The minimum atomic E-state index is -4.28. The van der Waals surface area contributed by atoms with E-state index >= 15 is 0 Å². The number of halogens is 4. The maximum atomic E-state index is 12.5. The van der Waals surface area contributed by atoms with E-state index in [1.807, 2.05) is 13.8 Å². The molecule has 96 valence electrons. The molecule has 0 fully saturated rings. The van der Waals surface area contributed by atoms with Crippen molar-refractivity contribution in [3.63, 3.8) is 0 Å². The summed E-state index contributed by atoms with van der Waals surface area (Å²) in [4.78, 5) is 0. The van der Waals surface area contributed by atoms with Crippen LogP contribution in [0.1, 0.15) is 25.0 Å². The fourth-order valence-corrected chi connectivity index (χ4v) is 1.77. The molecule has 0 spiro atoms. The average molecular weight is 310 g/mol. The van der Waals surface area contributed by atoms with Crippen LogP contribution in [0.3, 0.4) is 0 Å². The molecule has 0 aliphatic rings. The molecule has 1 N–H and O–H groups in total. The number of alkyl halides is 3. The lowest BCUT2D eigenvalue weighted by Gasteiger charge is -2.12. The third kappa shape index (κ3) is 4.68. The Morgan fingerprint density at radius 3 is 2.47 bits per heavy atom. The van der Waals surface area contributed by atoms with Gasteiger partial charge in [-0.1, -0.05) is 29.8 Å². The van der Waals surface area contributed by atoms with Gasteiger partial charge in [0.15, 0.2) is 0 Å². The van der Waals surface area contributed by atoms with Gasteiger partial charge in [0.25, 0.3) is 0 Å². The Morgan fingerprint density at radius 2 is 1.94 bits per heavy atom. The highest BCUT2D eigenvalue weighted by Crippen LogP contribution is 2.31. The molecule has 0 atom stereocenters. The molecular formula is C12H15BrF3N. The topological polar surface area (TPSA) is 12.0 Å². The van der Waals surface area contributed by atoms with E-state index in [1.54, 1.807) is 0 Å². The Labute approximate surface area is 108 Å². The molecule has 0 amide bonds. The van der Waals surface area contributed by atoms with E-state index in [-0.39, 0.29) is 0 Å². The van der Waals surface area contributed by atoms with Crippen LogP contribution in [0.15, 0.2) is 22.7 Å². The zero-order chi connectivity index (χ0) is 13.1. The SMILES string of the molecule is CC(C)CNCc1cc(C(F)(F)F)ccc1Br. The lowest BCUT2D eigenvalue weighted by atomic mass is 10.1. The van der Waals surface area contributed by atoms with Crippen LogP contribution >= 0.6 is 15.9 Å². The van der Waals surface area contributed by atoms with Gasteiger partial charge in [0.05, 0.1) is 5.56 Å². The molecule has 1 aromatic rings. The molecule has 17 heavy (non-hydrogen) atoms. The Bertz CT molecular complexity index is 375. The van der Waals surface area contributed by atoms with Gasteiger partial charge in [0.2, 0.25) is 0 Å². The first kappa shape index (κ1) is 14.5. The molecule has 0 heterocycles. The minimum absolute atomic E-state index is 0.433. The zero-order valence-corrected chi connectivity index (χ0v) is 11.3. The first-order chi connectivity index (χ1) is 7.80. The molecule has 0 aromatic heterocycles. The average Bonchev–Trinajstić information content (AvgIpc) is 2.18. The van der Waals surface area contributed by atoms with Crippen molar-refractivity contribution in [2.24, 2.45) is 5.92 Å². The zero-order valence-electron chi connectivity index (χ0n) is 9.74. The van der Waals surface area contributed by atoms with Gasteiger partial charge in [-0.3, -0.25) is 0 Å². The molecule has 0 unspecified atom stereocenters. The number of rotatable bonds is 4. The van der Waals surface area contributed by atoms with Crippen molar-refractivity contribution in [2.45, 2.75) is 26.6 Å². The molecule has 1 nitrogen and oxygen atoms in total. The molecule has 0 radical (unpaired) electrons. The van der Waals surface area contributed by atoms with Gasteiger partial charge in [-0.15, -0.1) is 0 Å². The summed E-state index contributed by atoms with van der Waals surface area (Å²) in [6.07, 6.45) is -4.28. The summed E-state index contributed by atoms with van der Waals surface area (Å²) in [7, 11) is 0. The van der Waals surface area contributed by atoms with Crippen LogP contribution in [-0.2, 0) is 12.7 Å². The van der Waals surface area contributed by atoms with Gasteiger partial charge >= 0.3 is 6.18 Å². The van der Waals surface area contributed by atoms with E-state index < -0.39 is 11.7 Å². The second kappa shape index (κ2) is 5.87. The Hall–Kier alpha value is -0.550. The van der Waals surface area contributed by atoms with Crippen LogP contribution in [0.5, 0.6) is 0 Å². The second-order valence-corrected chi connectivity index (χ2v) is 5.18. The van der Waals surface area contributed by atoms with Crippen molar-refractivity contribution in [3.8, 4) is 0 Å². The van der Waals surface area contributed by atoms with Crippen molar-refractivity contribution < 1.29 is 13.2 Å². The highest BCUT2D eigenvalue weighted by Gasteiger charge is 2.30. The summed E-state index contributed by atoms with van der Waals surface area (Å²) < 4.78 is 38.2. The summed E-state index contributed by atoms with van der Waals surface area (Å²) >= 11 is 3.26. The predicted molar refractivity (Wildman–Crippen MR) is 65.7 cm³/mol. The van der Waals surface area contributed by atoms with Gasteiger partial charge < -0.3 is 5.32 Å². The molecular weight excluding hydrogens is 295 g/mol. The van der Waals surface area contributed by atoms with Crippen molar-refractivity contribution in [1.29, 1.82) is 0 Å². The van der Waals surface area contributed by atoms with Crippen molar-refractivity contribution in [2.75, 3.05) is 6.54 Å². The molecule has 0 bridgehead atoms. The van der Waals surface area contributed by atoms with E-state index in [2.05, 4.69) is 21.2 Å². The van der Waals surface area contributed by atoms with E-state index in [0.29, 0.717) is 22.5 Å². The quantitative estimate of drug-likeness (QED) is 0.878. The lowest BCUT2D eigenvalue weighted by Crippen LogP contribution is -2.19. The smallest absolute Gasteiger partial charge is 0.312 e. The maximum Gasteiger partial charge on any atom is 0.416 e. The predicted octanol–water partition coefficient (Wildman–Crippen LogP) is 4.21. The Balaban J connectivity index is 2.77. The van der Waals surface area contributed by atoms with Gasteiger partial charge in [0.1, 0.15) is 0 Å². The van der Waals surface area contributed by atoms with E-state index in [4.69, 9.17) is 0 Å². The van der Waals surface area contributed by atoms with Gasteiger partial charge in [-0.05, 0) is 36.2 Å². The van der Waals surface area contributed by atoms with Crippen LogP contribution in [0, 0.1) is 5.92 Å². The van der Waals surface area contributed by atoms with Crippen LogP contribution in [0.2, 0.25) is 0 Å². The van der Waals surface area contributed by atoms with Crippen LogP contribution < -0.4 is 5.32 Å². The van der Waals surface area contributed by atoms with E-state index in [9.17, 15) is 13.2 Å². The molecule has 5 heteroatoms. The Morgan fingerprint density at radius 1 is 1.29 bits per heavy atom. The molecule has 0 aliphatic carbocycles. The second-order valence-electron chi connectivity index (χ2n) is 4.33. The van der Waals surface area contributed by atoms with Gasteiger partial charge in [0, 0.05) is 11.0 Å². The molecule has 0 saturated heterocycles. The molecule has 0 saturated carbocycles. The summed E-state index contributed by atoms with van der Waals surface area (Å²) in [5.41, 5.74) is 0.0162. The van der Waals surface area contributed by atoms with Crippen LogP contribution in [0.4, 0.5) is 13.2 Å². The molecule has 0 aliphatic heterocycles. The monoisotopic (exact) mass is 309 g/mol. The lowest BCUT2D eigenvalue weighted by molar-refractivity contribution is -0.137. The highest BCUT2D eigenvalue weighted by atomic mass is 79.9. The van der Waals surface area contributed by atoms with Crippen LogP contribution in [0.25, 0.3) is 0 Å². The van der Waals surface area contributed by atoms with Gasteiger partial charge in [-0.2, -0.15) is 13.2 Å². The fraction of sp³-hybridized carbons (Fsp3) is 0.500. The first-order valence-corrected chi connectivity index (χ1v) is 6.16. The molecule has 1 aromatic carbocycles. The fourth-order valence-electron chi connectivity index (χ4n) is 1.38. The van der Waals surface area contributed by atoms with Crippen molar-refractivity contribution in [1.82, 2.24) is 5.32 Å². The molecule has 1 rings (SSSR count). The third-order valence-electron chi connectivity index (χ3n) is 2.24. The van der Waals surface area contributed by atoms with Gasteiger partial charge in [-0.25, -0.2) is 0 Å². The van der Waals surface area contributed by atoms with E-state index in [0.717, 1.165) is 12.6 Å². The number of hydrogen-bond donors (Lipinski definition) is 1. The largest absolute Gasteiger partial charge is 0.416 e. The van der Waals surface area contributed by atoms with Crippen molar-refractivity contribution in [3.05, 3.63) is 33.8 Å². The minimum Gasteiger partial charge on any atom is -0.312 e. The Kier molecular flexibility index (Phi) is 5.01. The number of hydrogen-bond acceptors (Lipinski definition) is 1. The van der Waals surface area contributed by atoms with Crippen LogP contribution in [-0.4, -0.2) is 6.54 Å². The third-order valence-corrected chi connectivity index (χ3v) is 3.01. The highest BCUT2D eigenvalue weighted by molar-refractivity contribution is 9.10. The number of benzene rings is 1. The van der Waals surface area contributed by atoms with Crippen molar-refractivity contribution >= 4 is 15.9 Å². The summed E-state index contributed by atoms with van der Waals surface area (Å²) in [5, 5.41) is 3.12. The maximum absolute atomic E-state index is 12.5. The van der Waals surface area contributed by atoms with E-state index in [1.165, 1.54) is 12.1 Å².